The molecule has 1 radical (unpaired) electrons. The van der Waals surface area contributed by atoms with Gasteiger partial charge < -0.3 is 47.0 Å². The Morgan fingerprint density at radius 2 is 1.09 bits per heavy atom. The van der Waals surface area contributed by atoms with Crippen molar-refractivity contribution in [3.63, 3.8) is 0 Å². The fourth-order valence-electron chi connectivity index (χ4n) is 3.61. The van der Waals surface area contributed by atoms with E-state index < -0.39 is 0 Å². The minimum Gasteiger partial charge on any atom is -1.00 e. The van der Waals surface area contributed by atoms with E-state index in [-0.39, 0.29) is 90.1 Å². The molecule has 175 valence electrons. The number of aromatic nitrogens is 1. The number of rotatable bonds is 4. The molecule has 1 aromatic rings. The predicted octanol–water partition coefficient (Wildman–Crippen LogP) is -6.74. The van der Waals surface area contributed by atoms with Crippen LogP contribution in [-0.4, -0.2) is 78.2 Å². The molecule has 0 amide bonds. The SMILES string of the molecule is CN(C)C1=CC2=NC(c3cccc(C4=NC5C=CC(N(C)C)=CC5=N4)n3)=NC2C=C1.[Cl-].[Cl-].[Cl-].[Nd+3]. The van der Waals surface area contributed by atoms with Gasteiger partial charge in [0.1, 0.15) is 23.5 Å². The van der Waals surface area contributed by atoms with Crippen LogP contribution >= 0.6 is 0 Å². The van der Waals surface area contributed by atoms with E-state index in [1.807, 2.05) is 46.4 Å². The zero-order valence-electron chi connectivity index (χ0n) is 19.1. The monoisotopic (exact) mass is 644 g/mol. The van der Waals surface area contributed by atoms with Crippen molar-refractivity contribution < 1.29 is 78.1 Å². The van der Waals surface area contributed by atoms with Crippen LogP contribution in [0.5, 0.6) is 0 Å². The van der Waals surface area contributed by atoms with Crippen molar-refractivity contribution in [1.82, 2.24) is 14.8 Å². The Morgan fingerprint density at radius 1 is 0.676 bits per heavy atom. The number of aliphatic imine (C=N–C) groups is 4. The van der Waals surface area contributed by atoms with Gasteiger partial charge in [-0.05, 0) is 36.4 Å². The molecular weight excluding hydrogens is 625 g/mol. The summed E-state index contributed by atoms with van der Waals surface area (Å²) in [5, 5.41) is 0. The molecule has 0 aromatic carbocycles. The van der Waals surface area contributed by atoms with Crippen LogP contribution in [0.15, 0.2) is 86.0 Å². The average molecular weight is 648 g/mol. The summed E-state index contributed by atoms with van der Waals surface area (Å²) in [6, 6.07) is 5.75. The topological polar surface area (TPSA) is 68.8 Å². The van der Waals surface area contributed by atoms with Gasteiger partial charge in [-0.15, -0.1) is 0 Å². The number of amidine groups is 2. The Labute approximate surface area is 251 Å². The fourth-order valence-corrected chi connectivity index (χ4v) is 3.61. The third-order valence-electron chi connectivity index (χ3n) is 5.33. The van der Waals surface area contributed by atoms with Crippen LogP contribution in [0.1, 0.15) is 11.4 Å². The van der Waals surface area contributed by atoms with Gasteiger partial charge in [0.25, 0.3) is 0 Å². The molecule has 5 rings (SSSR count). The molecule has 4 aliphatic rings. The summed E-state index contributed by atoms with van der Waals surface area (Å²) >= 11 is 0. The summed E-state index contributed by atoms with van der Waals surface area (Å²) in [7, 11) is 8.08. The van der Waals surface area contributed by atoms with E-state index >= 15 is 0 Å². The van der Waals surface area contributed by atoms with E-state index in [0.29, 0.717) is 11.7 Å². The second kappa shape index (κ2) is 12.5. The zero-order chi connectivity index (χ0) is 20.8. The average Bonchev–Trinajstić information content (AvgIpc) is 3.36. The second-order valence-electron chi connectivity index (χ2n) is 7.92. The summed E-state index contributed by atoms with van der Waals surface area (Å²) in [5.41, 5.74) is 5.58. The third-order valence-corrected chi connectivity index (χ3v) is 5.33. The third kappa shape index (κ3) is 6.05. The number of pyridine rings is 1. The van der Waals surface area contributed by atoms with Crippen molar-refractivity contribution in [1.29, 1.82) is 0 Å². The van der Waals surface area contributed by atoms with Crippen LogP contribution in [-0.2, 0) is 0 Å². The smallest absolute Gasteiger partial charge is 1.00 e. The number of allylic oxidation sites excluding steroid dienone is 2. The molecule has 0 bridgehead atoms. The van der Waals surface area contributed by atoms with Crippen LogP contribution in [0.4, 0.5) is 0 Å². The van der Waals surface area contributed by atoms with E-state index in [1.54, 1.807) is 0 Å². The van der Waals surface area contributed by atoms with Crippen molar-refractivity contribution in [3.8, 4) is 0 Å². The van der Waals surface area contributed by atoms with Crippen LogP contribution in [0.25, 0.3) is 0 Å². The van der Waals surface area contributed by atoms with E-state index in [9.17, 15) is 0 Å². The first-order chi connectivity index (χ1) is 14.5. The van der Waals surface area contributed by atoms with Gasteiger partial charge in [0, 0.05) is 39.6 Å². The van der Waals surface area contributed by atoms with Crippen LogP contribution < -0.4 is 37.2 Å². The summed E-state index contributed by atoms with van der Waals surface area (Å²) in [4.78, 5) is 27.8. The van der Waals surface area contributed by atoms with Gasteiger partial charge in [-0.3, -0.25) is 9.98 Å². The molecule has 1 aromatic heterocycles. The maximum Gasteiger partial charge on any atom is 3.00 e. The number of fused-ring (bicyclic) bond motifs is 2. The van der Waals surface area contributed by atoms with Crippen LogP contribution in [0.3, 0.4) is 0 Å². The summed E-state index contributed by atoms with van der Waals surface area (Å²) in [5.74, 6) is 1.30. The molecule has 34 heavy (non-hydrogen) atoms. The summed E-state index contributed by atoms with van der Waals surface area (Å²) in [6.45, 7) is 0. The molecule has 2 atom stereocenters. The van der Waals surface area contributed by atoms with Gasteiger partial charge in [-0.2, -0.15) is 0 Å². The van der Waals surface area contributed by atoms with Gasteiger partial charge in [-0.25, -0.2) is 15.0 Å². The molecule has 2 unspecified atom stereocenters. The van der Waals surface area contributed by atoms with Gasteiger partial charge in [0.15, 0.2) is 11.7 Å². The molecule has 7 nitrogen and oxygen atoms in total. The normalized spacial score (nSPS) is 20.8. The molecule has 0 fully saturated rings. The number of hydrogen-bond acceptors (Lipinski definition) is 7. The zero-order valence-corrected chi connectivity index (χ0v) is 24.6. The van der Waals surface area contributed by atoms with E-state index in [1.165, 1.54) is 0 Å². The Kier molecular flexibility index (Phi) is 11.3. The molecule has 3 heterocycles. The van der Waals surface area contributed by atoms with E-state index in [0.717, 1.165) is 34.2 Å². The van der Waals surface area contributed by atoms with Crippen molar-refractivity contribution in [2.24, 2.45) is 20.0 Å². The van der Waals surface area contributed by atoms with Crippen LogP contribution in [0.2, 0.25) is 0 Å². The Hall–Kier alpha value is -1.39. The first kappa shape index (κ1) is 30.6. The number of likely N-dealkylation sites (N-methyl/N-ethyl adjacent to an activating group) is 2. The summed E-state index contributed by atoms with van der Waals surface area (Å²) in [6.07, 6.45) is 12.4. The van der Waals surface area contributed by atoms with Crippen molar-refractivity contribution in [2.75, 3.05) is 28.2 Å². The van der Waals surface area contributed by atoms with Gasteiger partial charge in [0.05, 0.1) is 11.4 Å². The van der Waals surface area contributed by atoms with E-state index in [4.69, 9.17) is 25.0 Å². The Balaban J connectivity index is 0.00000144. The molecule has 11 heteroatoms. The largest absolute Gasteiger partial charge is 3.00 e. The maximum atomic E-state index is 4.77. The minimum atomic E-state index is -0.0409. The predicted molar refractivity (Wildman–Crippen MR) is 122 cm³/mol. The maximum absolute atomic E-state index is 4.77. The first-order valence-electron chi connectivity index (χ1n) is 9.93. The standard InChI is InChI=1S/C23H23N7.3ClH.Nd/c1-29(2)14-8-10-16-20(12-14)27-22(25-16)18-6-5-7-19(24-18)23-26-17-11-9-15(30(3)4)13-21(17)28-23;;;;/h5-13,16-17H,1-4H3;3*1H;/q;;;;+3/p-3. The van der Waals surface area contributed by atoms with Crippen molar-refractivity contribution in [3.05, 3.63) is 77.4 Å². The number of hydrogen-bond donors (Lipinski definition) is 0. The summed E-state index contributed by atoms with van der Waals surface area (Å²) < 4.78 is 0. The molecule has 2 aliphatic heterocycles. The van der Waals surface area contributed by atoms with Crippen molar-refractivity contribution in [2.45, 2.75) is 12.1 Å². The Morgan fingerprint density at radius 3 is 1.47 bits per heavy atom. The molecule has 0 N–H and O–H groups in total. The van der Waals surface area contributed by atoms with Gasteiger partial charge in [-0.1, -0.05) is 18.2 Å². The molecule has 0 spiro atoms. The first-order valence-corrected chi connectivity index (χ1v) is 9.93. The molecule has 0 saturated heterocycles. The van der Waals surface area contributed by atoms with E-state index in [2.05, 4.69) is 46.3 Å². The number of nitrogens with zero attached hydrogens (tertiary/aromatic N) is 7. The second-order valence-corrected chi connectivity index (χ2v) is 7.92. The fraction of sp³-hybridized carbons (Fsp3) is 0.261. The number of halogens is 3. The molecular formula is C23H23Cl3N7Nd. The van der Waals surface area contributed by atoms with Gasteiger partial charge in [0.2, 0.25) is 0 Å². The molecule has 2 aliphatic carbocycles. The van der Waals surface area contributed by atoms with Crippen molar-refractivity contribution >= 4 is 23.1 Å². The quantitative estimate of drug-likeness (QED) is 0.327. The minimum absolute atomic E-state index is 0. The van der Waals surface area contributed by atoms with Crippen LogP contribution in [0, 0.1) is 40.8 Å². The Bertz CT molecular complexity index is 1090. The molecule has 0 saturated carbocycles. The van der Waals surface area contributed by atoms with Gasteiger partial charge >= 0.3 is 40.8 Å².